The van der Waals surface area contributed by atoms with E-state index in [1.54, 1.807) is 6.07 Å². The van der Waals surface area contributed by atoms with Crippen LogP contribution in [0.4, 0.5) is 5.69 Å². The lowest BCUT2D eigenvalue weighted by molar-refractivity contribution is 0.0601. The van der Waals surface area contributed by atoms with Gasteiger partial charge in [-0.25, -0.2) is 4.79 Å². The molecular formula is C21H19NO5. The molecule has 3 aromatic rings. The van der Waals surface area contributed by atoms with Gasteiger partial charge in [-0.2, -0.15) is 0 Å². The molecule has 0 aliphatic carbocycles. The summed E-state index contributed by atoms with van der Waals surface area (Å²) in [5.41, 5.74) is 0.944. The molecule has 138 valence electrons. The van der Waals surface area contributed by atoms with Crippen molar-refractivity contribution < 1.29 is 23.8 Å². The van der Waals surface area contributed by atoms with E-state index in [0.29, 0.717) is 17.1 Å². The van der Waals surface area contributed by atoms with Gasteiger partial charge in [-0.05, 0) is 16.8 Å². The molecule has 0 atom stereocenters. The lowest BCUT2D eigenvalue weighted by atomic mass is 10.0. The zero-order chi connectivity index (χ0) is 19.4. The predicted molar refractivity (Wildman–Crippen MR) is 103 cm³/mol. The Kier molecular flexibility index (Phi) is 5.26. The Labute approximate surface area is 156 Å². The number of hydrogen-bond donors (Lipinski definition) is 1. The summed E-state index contributed by atoms with van der Waals surface area (Å²) in [4.78, 5) is 25.1. The summed E-state index contributed by atoms with van der Waals surface area (Å²) >= 11 is 0. The molecule has 0 fully saturated rings. The second kappa shape index (κ2) is 7.78. The normalized spacial score (nSPS) is 10.3. The van der Waals surface area contributed by atoms with Crippen molar-refractivity contribution in [2.45, 2.75) is 0 Å². The van der Waals surface area contributed by atoms with Gasteiger partial charge in [0.05, 0.1) is 32.6 Å². The molecule has 0 unspecified atom stereocenters. The van der Waals surface area contributed by atoms with Crippen molar-refractivity contribution in [1.82, 2.24) is 0 Å². The molecule has 0 radical (unpaired) electrons. The maximum Gasteiger partial charge on any atom is 0.340 e. The van der Waals surface area contributed by atoms with Crippen molar-refractivity contribution >= 4 is 28.3 Å². The number of methoxy groups -OCH3 is 3. The number of ether oxygens (including phenoxy) is 3. The van der Waals surface area contributed by atoms with Crippen molar-refractivity contribution in [3.05, 3.63) is 65.7 Å². The zero-order valence-corrected chi connectivity index (χ0v) is 15.2. The van der Waals surface area contributed by atoms with Gasteiger partial charge in [0.25, 0.3) is 5.91 Å². The first-order valence-electron chi connectivity index (χ1n) is 8.22. The first kappa shape index (κ1) is 18.3. The van der Waals surface area contributed by atoms with Gasteiger partial charge in [0, 0.05) is 17.7 Å². The zero-order valence-electron chi connectivity index (χ0n) is 15.2. The highest BCUT2D eigenvalue weighted by Gasteiger charge is 2.20. The van der Waals surface area contributed by atoms with Gasteiger partial charge in [-0.15, -0.1) is 0 Å². The second-order valence-corrected chi connectivity index (χ2v) is 5.73. The number of amides is 1. The fourth-order valence-electron chi connectivity index (χ4n) is 2.87. The number of rotatable bonds is 5. The van der Waals surface area contributed by atoms with E-state index in [9.17, 15) is 9.59 Å². The van der Waals surface area contributed by atoms with E-state index >= 15 is 0 Å². The Balaban J connectivity index is 2.05. The number of nitrogens with one attached hydrogen (secondary N) is 1. The number of carbonyl (C=O) groups is 2. The van der Waals surface area contributed by atoms with E-state index in [1.807, 2.05) is 36.4 Å². The van der Waals surface area contributed by atoms with Crippen LogP contribution in [0.15, 0.2) is 54.6 Å². The van der Waals surface area contributed by atoms with Crippen LogP contribution in [0.3, 0.4) is 0 Å². The van der Waals surface area contributed by atoms with Crippen LogP contribution >= 0.6 is 0 Å². The average Bonchev–Trinajstić information content (AvgIpc) is 2.72. The van der Waals surface area contributed by atoms with Crippen LogP contribution in [0, 0.1) is 0 Å². The molecule has 1 amide bonds. The van der Waals surface area contributed by atoms with Crippen LogP contribution in [0.25, 0.3) is 10.8 Å². The SMILES string of the molecule is COC(=O)c1cc(OC)c(OC)cc1NC(=O)c1cccc2ccccc12. The highest BCUT2D eigenvalue weighted by Crippen LogP contribution is 2.34. The Morgan fingerprint density at radius 2 is 1.48 bits per heavy atom. The van der Waals surface area contributed by atoms with Gasteiger partial charge < -0.3 is 19.5 Å². The fraction of sp³-hybridized carbons (Fsp3) is 0.143. The van der Waals surface area contributed by atoms with E-state index in [4.69, 9.17) is 14.2 Å². The number of fused-ring (bicyclic) bond motifs is 1. The topological polar surface area (TPSA) is 73.9 Å². The fourth-order valence-corrected chi connectivity index (χ4v) is 2.87. The summed E-state index contributed by atoms with van der Waals surface area (Å²) in [6.45, 7) is 0. The minimum atomic E-state index is -0.593. The Hall–Kier alpha value is -3.54. The Bertz CT molecular complexity index is 1010. The summed E-state index contributed by atoms with van der Waals surface area (Å²) in [7, 11) is 4.22. The lowest BCUT2D eigenvalue weighted by Crippen LogP contribution is -2.16. The van der Waals surface area contributed by atoms with Gasteiger partial charge in [-0.1, -0.05) is 36.4 Å². The summed E-state index contributed by atoms with van der Waals surface area (Å²) in [5.74, 6) is -0.187. The van der Waals surface area contributed by atoms with Crippen molar-refractivity contribution in [1.29, 1.82) is 0 Å². The molecule has 0 aliphatic heterocycles. The average molecular weight is 365 g/mol. The quantitative estimate of drug-likeness (QED) is 0.694. The molecule has 0 saturated heterocycles. The molecule has 0 saturated carbocycles. The van der Waals surface area contributed by atoms with Crippen molar-refractivity contribution in [2.24, 2.45) is 0 Å². The third kappa shape index (κ3) is 3.55. The summed E-state index contributed by atoms with van der Waals surface area (Å²) in [6, 6.07) is 16.1. The summed E-state index contributed by atoms with van der Waals surface area (Å²) < 4.78 is 15.3. The highest BCUT2D eigenvalue weighted by atomic mass is 16.5. The molecule has 0 spiro atoms. The minimum Gasteiger partial charge on any atom is -0.493 e. The molecule has 6 heteroatoms. The van der Waals surface area contributed by atoms with Crippen molar-refractivity contribution in [3.63, 3.8) is 0 Å². The Morgan fingerprint density at radius 3 is 2.19 bits per heavy atom. The summed E-state index contributed by atoms with van der Waals surface area (Å²) in [6.07, 6.45) is 0. The monoisotopic (exact) mass is 365 g/mol. The number of hydrogen-bond acceptors (Lipinski definition) is 5. The van der Waals surface area contributed by atoms with Crippen LogP contribution < -0.4 is 14.8 Å². The number of esters is 1. The molecule has 1 N–H and O–H groups in total. The van der Waals surface area contributed by atoms with Crippen LogP contribution in [0.2, 0.25) is 0 Å². The molecule has 0 bridgehead atoms. The second-order valence-electron chi connectivity index (χ2n) is 5.73. The molecule has 3 rings (SSSR count). The van der Waals surface area contributed by atoms with E-state index < -0.39 is 5.97 Å². The first-order valence-corrected chi connectivity index (χ1v) is 8.22. The largest absolute Gasteiger partial charge is 0.493 e. The number of benzene rings is 3. The van der Waals surface area contributed by atoms with Gasteiger partial charge >= 0.3 is 5.97 Å². The van der Waals surface area contributed by atoms with Crippen LogP contribution in [-0.2, 0) is 4.74 Å². The Morgan fingerprint density at radius 1 is 0.815 bits per heavy atom. The maximum atomic E-state index is 12.9. The number of anilines is 1. The van der Waals surface area contributed by atoms with E-state index in [2.05, 4.69) is 5.32 Å². The van der Waals surface area contributed by atoms with Gasteiger partial charge in [0.2, 0.25) is 0 Å². The number of carbonyl (C=O) groups excluding carboxylic acids is 2. The van der Waals surface area contributed by atoms with Gasteiger partial charge in [0.15, 0.2) is 11.5 Å². The van der Waals surface area contributed by atoms with E-state index in [-0.39, 0.29) is 17.2 Å². The molecule has 3 aromatic carbocycles. The minimum absolute atomic E-state index is 0.170. The van der Waals surface area contributed by atoms with Gasteiger partial charge in [-0.3, -0.25) is 4.79 Å². The standard InChI is InChI=1S/C21H19NO5/c1-25-18-11-16(21(24)27-3)17(12-19(18)26-2)22-20(23)15-10-6-8-13-7-4-5-9-14(13)15/h4-12H,1-3H3,(H,22,23). The third-order valence-corrected chi connectivity index (χ3v) is 4.21. The van der Waals surface area contributed by atoms with E-state index in [1.165, 1.54) is 33.5 Å². The first-order chi connectivity index (χ1) is 13.1. The van der Waals surface area contributed by atoms with Crippen molar-refractivity contribution in [3.8, 4) is 11.5 Å². The maximum absolute atomic E-state index is 12.9. The molecule has 27 heavy (non-hydrogen) atoms. The summed E-state index contributed by atoms with van der Waals surface area (Å²) in [5, 5.41) is 4.55. The molecule has 0 aromatic heterocycles. The predicted octanol–water partition coefficient (Wildman–Crippen LogP) is 3.90. The molecule has 0 aliphatic rings. The molecule has 6 nitrogen and oxygen atoms in total. The van der Waals surface area contributed by atoms with Crippen LogP contribution in [-0.4, -0.2) is 33.2 Å². The smallest absolute Gasteiger partial charge is 0.340 e. The van der Waals surface area contributed by atoms with Gasteiger partial charge in [0.1, 0.15) is 0 Å². The third-order valence-electron chi connectivity index (χ3n) is 4.21. The molecule has 0 heterocycles. The molecular weight excluding hydrogens is 346 g/mol. The highest BCUT2D eigenvalue weighted by molar-refractivity contribution is 6.14. The lowest BCUT2D eigenvalue weighted by Gasteiger charge is -2.15. The van der Waals surface area contributed by atoms with Crippen LogP contribution in [0.1, 0.15) is 20.7 Å². The van der Waals surface area contributed by atoms with Crippen LogP contribution in [0.5, 0.6) is 11.5 Å². The van der Waals surface area contributed by atoms with Crippen molar-refractivity contribution in [2.75, 3.05) is 26.6 Å². The van der Waals surface area contributed by atoms with E-state index in [0.717, 1.165) is 10.8 Å².